The molecule has 68 heavy (non-hydrogen) atoms. The summed E-state index contributed by atoms with van der Waals surface area (Å²) in [5.41, 5.74) is 6.52. The number of methoxy groups -OCH3 is 3. The first-order chi connectivity index (χ1) is 32.3. The number of ether oxygens (including phenoxy) is 3. The summed E-state index contributed by atoms with van der Waals surface area (Å²) >= 11 is 0. The van der Waals surface area contributed by atoms with Crippen LogP contribution >= 0.6 is 0 Å². The molecular weight excluding hydrogens is 916 g/mol. The fraction of sp³-hybridized carbons (Fsp3) is 0.0588. The van der Waals surface area contributed by atoms with Crippen LogP contribution in [0.15, 0.2) is 97.1 Å². The van der Waals surface area contributed by atoms with E-state index >= 15 is 0 Å². The van der Waals surface area contributed by atoms with E-state index < -0.39 is 29.6 Å². The van der Waals surface area contributed by atoms with Crippen LogP contribution in [-0.2, 0) is 31.3 Å². The van der Waals surface area contributed by atoms with E-state index in [2.05, 4.69) is 9.97 Å². The molecule has 17 heteroatoms. The Bertz CT molecular complexity index is 3470. The predicted molar refractivity (Wildman–Crippen MR) is 248 cm³/mol. The number of phenols is 4. The molecule has 7 N–H and O–H groups in total. The maximum absolute atomic E-state index is 12.5. The van der Waals surface area contributed by atoms with Crippen molar-refractivity contribution in [3.8, 4) is 67.5 Å². The number of aromatic carboxylic acids is 1. The van der Waals surface area contributed by atoms with Gasteiger partial charge in [-0.3, -0.25) is 0 Å². The van der Waals surface area contributed by atoms with Crippen molar-refractivity contribution in [1.29, 1.82) is 0 Å². The first-order valence-electron chi connectivity index (χ1n) is 20.3. The number of hydrogen-bond acceptors (Lipinski definition) is 13. The zero-order chi connectivity index (χ0) is 47.3. The quantitative estimate of drug-likeness (QED) is 0.0426. The van der Waals surface area contributed by atoms with E-state index in [1.165, 1.54) is 69.9 Å². The molecule has 2 aliphatic rings. The topological polar surface area (TPSA) is 254 Å². The molecular formula is C51H36MnN4O12+2. The molecule has 8 bridgehead atoms. The van der Waals surface area contributed by atoms with E-state index in [4.69, 9.17) is 24.2 Å². The minimum atomic E-state index is -1.33. The third-order valence-electron chi connectivity index (χ3n) is 11.3. The van der Waals surface area contributed by atoms with Gasteiger partial charge in [0, 0.05) is 44.3 Å². The molecule has 2 aliphatic heterocycles. The van der Waals surface area contributed by atoms with E-state index in [1.807, 2.05) is 0 Å². The molecule has 0 saturated carbocycles. The number of carbonyl (C=O) groups is 4. The second-order valence-corrected chi connectivity index (χ2v) is 15.2. The monoisotopic (exact) mass is 951 g/mol. The number of benzene rings is 4. The van der Waals surface area contributed by atoms with E-state index in [9.17, 15) is 44.7 Å². The summed E-state index contributed by atoms with van der Waals surface area (Å²) in [7, 11) is 3.61. The molecule has 7 aromatic rings. The average molecular weight is 952 g/mol. The first kappa shape index (κ1) is 45.6. The Labute approximate surface area is 395 Å². The Kier molecular flexibility index (Phi) is 12.2. The number of nitrogens with one attached hydrogen (secondary N) is 2. The summed E-state index contributed by atoms with van der Waals surface area (Å²) in [5, 5.41) is 54.1. The van der Waals surface area contributed by atoms with Crippen molar-refractivity contribution in [3.63, 3.8) is 0 Å². The number of aromatic nitrogens is 4. The fourth-order valence-electron chi connectivity index (χ4n) is 8.20. The van der Waals surface area contributed by atoms with Gasteiger partial charge in [-0.1, -0.05) is 24.3 Å². The van der Waals surface area contributed by atoms with Crippen molar-refractivity contribution < 1.29 is 76.0 Å². The van der Waals surface area contributed by atoms with Crippen LogP contribution in [0, 0.1) is 0 Å². The molecule has 9 rings (SSSR count). The van der Waals surface area contributed by atoms with Crippen LogP contribution in [0.2, 0.25) is 0 Å². The number of carboxylic acid groups (broad SMARTS) is 1. The Morgan fingerprint density at radius 2 is 0.662 bits per heavy atom. The van der Waals surface area contributed by atoms with Gasteiger partial charge in [-0.15, -0.1) is 0 Å². The molecule has 0 fully saturated rings. The summed E-state index contributed by atoms with van der Waals surface area (Å²) in [4.78, 5) is 66.8. The van der Waals surface area contributed by atoms with Gasteiger partial charge in [-0.05, 0) is 119 Å². The number of carbonyl (C=O) groups excluding carboxylic acids is 3. The van der Waals surface area contributed by atoms with Gasteiger partial charge in [0.15, 0.2) is 0 Å². The maximum atomic E-state index is 12.5. The van der Waals surface area contributed by atoms with Crippen LogP contribution in [0.3, 0.4) is 0 Å². The Morgan fingerprint density at radius 3 is 0.882 bits per heavy atom. The Balaban J connectivity index is 0.00000625. The number of aromatic amines is 2. The third kappa shape index (κ3) is 8.08. The van der Waals surface area contributed by atoms with Gasteiger partial charge in [0.05, 0.1) is 44.1 Å². The van der Waals surface area contributed by atoms with E-state index in [1.54, 1.807) is 72.8 Å². The van der Waals surface area contributed by atoms with Crippen LogP contribution in [0.1, 0.15) is 64.2 Å². The minimum absolute atomic E-state index is 0. The molecule has 0 saturated heterocycles. The maximum Gasteiger partial charge on any atom is 2.00 e. The van der Waals surface area contributed by atoms with Gasteiger partial charge in [-0.2, -0.15) is 0 Å². The third-order valence-corrected chi connectivity index (χ3v) is 11.3. The van der Waals surface area contributed by atoms with Gasteiger partial charge >= 0.3 is 40.9 Å². The molecule has 0 atom stereocenters. The van der Waals surface area contributed by atoms with Gasteiger partial charge in [0.25, 0.3) is 0 Å². The van der Waals surface area contributed by atoms with E-state index in [-0.39, 0.29) is 56.6 Å². The number of aromatic hydroxyl groups is 4. The molecule has 16 nitrogen and oxygen atoms in total. The normalized spacial score (nSPS) is 11.5. The number of H-pyrrole nitrogens is 2. The van der Waals surface area contributed by atoms with Crippen molar-refractivity contribution in [1.82, 2.24) is 19.9 Å². The molecule has 1 radical (unpaired) electrons. The summed E-state index contributed by atoms with van der Waals surface area (Å²) in [6.45, 7) is 0. The number of carboxylic acids is 1. The zero-order valence-electron chi connectivity index (χ0n) is 35.9. The molecule has 5 heterocycles. The summed E-state index contributed by atoms with van der Waals surface area (Å²) in [6.07, 6.45) is 6.98. The van der Waals surface area contributed by atoms with Gasteiger partial charge < -0.3 is 49.7 Å². The van der Waals surface area contributed by atoms with E-state index in [0.29, 0.717) is 89.4 Å². The molecule has 337 valence electrons. The van der Waals surface area contributed by atoms with Crippen molar-refractivity contribution >= 4 is 70.2 Å². The van der Waals surface area contributed by atoms with Crippen LogP contribution in [0.5, 0.6) is 23.0 Å². The molecule has 0 spiro atoms. The average Bonchev–Trinajstić information content (AvgIpc) is 4.17. The largest absolute Gasteiger partial charge is 2.00 e. The number of hydrogen-bond donors (Lipinski definition) is 7. The van der Waals surface area contributed by atoms with Gasteiger partial charge in [-0.25, -0.2) is 29.1 Å². The van der Waals surface area contributed by atoms with Gasteiger partial charge in [0.1, 0.15) is 45.3 Å². The van der Waals surface area contributed by atoms with Crippen molar-refractivity contribution in [3.05, 3.63) is 142 Å². The molecule has 0 amide bonds. The van der Waals surface area contributed by atoms with E-state index in [0.717, 1.165) is 0 Å². The second-order valence-electron chi connectivity index (χ2n) is 15.2. The van der Waals surface area contributed by atoms with Crippen LogP contribution in [-0.4, -0.2) is 90.7 Å². The summed E-state index contributed by atoms with van der Waals surface area (Å²) in [5.74, 6) is -5.12. The molecule has 0 aliphatic carbocycles. The Morgan fingerprint density at radius 1 is 0.412 bits per heavy atom. The number of fused-ring (bicyclic) bond motifs is 8. The van der Waals surface area contributed by atoms with Crippen LogP contribution in [0.25, 0.3) is 90.9 Å². The SMILES string of the molecule is COC(=O)c1ccc(-c2c3nc(c(-c4ccc(C(=O)OC)c(O)c4)c4ccc([nH]4)c(-c4ccc(C(=O)OC)c(O)c4)c4nc(c(-c5ccc(C(=O)O)c(O)c5)c5ccc2[nH]5)C=C4)C=C3)cc1O.[Mn+2]. The van der Waals surface area contributed by atoms with Gasteiger partial charge in [0.2, 0.25) is 0 Å². The summed E-state index contributed by atoms with van der Waals surface area (Å²) < 4.78 is 14.6. The summed E-state index contributed by atoms with van der Waals surface area (Å²) in [6, 6.07) is 24.7. The predicted octanol–water partition coefficient (Wildman–Crippen LogP) is 9.20. The fourth-order valence-corrected chi connectivity index (χ4v) is 8.20. The van der Waals surface area contributed by atoms with Crippen LogP contribution < -0.4 is 0 Å². The van der Waals surface area contributed by atoms with Crippen molar-refractivity contribution in [2.24, 2.45) is 0 Å². The number of esters is 3. The number of nitrogens with zero attached hydrogens (tertiary/aromatic N) is 2. The number of phenolic OH excluding ortho intramolecular Hbond substituents is 3. The minimum Gasteiger partial charge on any atom is -0.507 e. The molecule has 0 unspecified atom stereocenters. The number of rotatable bonds is 8. The Hall–Kier alpha value is -8.92. The smallest absolute Gasteiger partial charge is 0.507 e. The zero-order valence-corrected chi connectivity index (χ0v) is 37.1. The van der Waals surface area contributed by atoms with Crippen molar-refractivity contribution in [2.75, 3.05) is 21.3 Å². The molecule has 3 aromatic heterocycles. The molecule has 4 aromatic carbocycles. The van der Waals surface area contributed by atoms with Crippen molar-refractivity contribution in [2.45, 2.75) is 0 Å². The first-order valence-corrected chi connectivity index (χ1v) is 20.3. The van der Waals surface area contributed by atoms with Crippen LogP contribution in [0.4, 0.5) is 0 Å². The second kappa shape index (κ2) is 18.2. The standard InChI is InChI=1S/C51H36N4O12.Mn/c1-65-49(62)29-9-5-25(21-41(29)57)45-34-14-12-32(52-34)44(24-4-8-28(48(60)61)40(56)20-24)33-13-15-35(53-33)46(26-6-10-30(42(58)22-26)50(63)66-2)37-17-19-39(55-37)47(38-18-16-36(45)54-38)27-7-11-31(43(59)23-27)51(64)67-3;/h4-23,52,55-59H,1-3H3,(H,60,61);/q;+2.